The van der Waals surface area contributed by atoms with Crippen LogP contribution in [0.1, 0.15) is 49.4 Å². The first-order valence-electron chi connectivity index (χ1n) is 17.4. The Morgan fingerprint density at radius 2 is 1.30 bits per heavy atom. The van der Waals surface area contributed by atoms with Crippen LogP contribution in [0, 0.1) is 0 Å². The van der Waals surface area contributed by atoms with Gasteiger partial charge in [-0.05, 0) is 78.2 Å². The first-order chi connectivity index (χ1) is 24.7. The van der Waals surface area contributed by atoms with Gasteiger partial charge in [0.2, 0.25) is 6.23 Å². The normalized spacial score (nSPS) is 15.9. The van der Waals surface area contributed by atoms with Gasteiger partial charge < -0.3 is 33.2 Å². The first kappa shape index (κ1) is 36.5. The van der Waals surface area contributed by atoms with Gasteiger partial charge >= 0.3 is 5.97 Å². The highest BCUT2D eigenvalue weighted by Crippen LogP contribution is 2.29. The number of nitrogens with zero attached hydrogens (tertiary/aromatic N) is 2. The van der Waals surface area contributed by atoms with E-state index in [1.54, 1.807) is 42.5 Å². The Kier molecular flexibility index (Phi) is 15.1. The van der Waals surface area contributed by atoms with Crippen LogP contribution in [0.3, 0.4) is 0 Å². The number of carbonyl (C=O) groups excluding carboxylic acids is 1. The number of fused-ring (bicyclic) bond motifs is 1. The molecule has 0 amide bonds. The quantitative estimate of drug-likeness (QED) is 0.0632. The van der Waals surface area contributed by atoms with Crippen LogP contribution in [0.4, 0.5) is 5.69 Å². The lowest BCUT2D eigenvalue weighted by Crippen LogP contribution is -2.22. The highest BCUT2D eigenvalue weighted by molar-refractivity contribution is 5.91. The molecule has 0 fully saturated rings. The summed E-state index contributed by atoms with van der Waals surface area (Å²) in [7, 11) is 0. The Morgan fingerprint density at radius 3 is 2.02 bits per heavy atom. The standard InChI is InChI=1S/C40H46N2O8/c1-2-3-4-5-8-23-47-35-19-15-32(16-20-35)31-11-13-33(14-12-31)40(43)49-36-21-17-34(18-22-36)41-42-39-30-46-27-26-44-24-25-45-28-29-48-37-9-6-7-10-38(37)50-39/h6-7,9-22,39H,2-5,8,23-30H2,1H3. The van der Waals surface area contributed by atoms with Crippen molar-refractivity contribution in [2.24, 2.45) is 10.2 Å². The summed E-state index contributed by atoms with van der Waals surface area (Å²) >= 11 is 0. The molecule has 0 N–H and O–H groups in total. The average Bonchev–Trinajstić information content (AvgIpc) is 3.16. The largest absolute Gasteiger partial charge is 0.494 e. The molecule has 0 saturated carbocycles. The summed E-state index contributed by atoms with van der Waals surface area (Å²) in [5.41, 5.74) is 3.05. The highest BCUT2D eigenvalue weighted by atomic mass is 16.6. The first-order valence-corrected chi connectivity index (χ1v) is 17.4. The van der Waals surface area contributed by atoms with Gasteiger partial charge in [0.15, 0.2) is 11.5 Å². The number of unbranched alkanes of at least 4 members (excludes halogenated alkanes) is 4. The van der Waals surface area contributed by atoms with Crippen LogP contribution in [-0.2, 0) is 14.2 Å². The van der Waals surface area contributed by atoms with Gasteiger partial charge in [-0.2, -0.15) is 5.11 Å². The number of hydrogen-bond acceptors (Lipinski definition) is 10. The van der Waals surface area contributed by atoms with Gasteiger partial charge in [-0.3, -0.25) is 0 Å². The van der Waals surface area contributed by atoms with Gasteiger partial charge in [0.1, 0.15) is 24.7 Å². The zero-order valence-electron chi connectivity index (χ0n) is 28.7. The van der Waals surface area contributed by atoms with E-state index < -0.39 is 12.2 Å². The van der Waals surface area contributed by atoms with Crippen LogP contribution >= 0.6 is 0 Å². The SMILES string of the molecule is CCCCCCCOc1ccc(-c2ccc(C(=O)Oc3ccc(N=NC4COCCOCCOCCOc5ccccc5O4)cc3)cc2)cc1. The van der Waals surface area contributed by atoms with E-state index in [0.717, 1.165) is 29.9 Å². The average molecular weight is 683 g/mol. The van der Waals surface area contributed by atoms with Crippen molar-refractivity contribution in [3.05, 3.63) is 103 Å². The van der Waals surface area contributed by atoms with E-state index in [2.05, 4.69) is 17.2 Å². The van der Waals surface area contributed by atoms with Crippen molar-refractivity contribution in [2.75, 3.05) is 52.9 Å². The maximum Gasteiger partial charge on any atom is 0.343 e. The van der Waals surface area contributed by atoms with E-state index in [1.807, 2.05) is 54.6 Å². The van der Waals surface area contributed by atoms with E-state index in [0.29, 0.717) is 68.1 Å². The lowest BCUT2D eigenvalue weighted by atomic mass is 10.0. The number of ether oxygens (including phenoxy) is 7. The smallest absolute Gasteiger partial charge is 0.343 e. The van der Waals surface area contributed by atoms with Crippen molar-refractivity contribution in [3.63, 3.8) is 0 Å². The number of benzene rings is 4. The summed E-state index contributed by atoms with van der Waals surface area (Å²) in [5, 5.41) is 8.73. The zero-order chi connectivity index (χ0) is 34.6. The van der Waals surface area contributed by atoms with Crippen molar-refractivity contribution in [2.45, 2.75) is 45.3 Å². The Hall–Kier alpha value is -4.77. The maximum atomic E-state index is 12.9. The van der Waals surface area contributed by atoms with Gasteiger partial charge in [-0.1, -0.05) is 69.0 Å². The van der Waals surface area contributed by atoms with Crippen LogP contribution < -0.4 is 18.9 Å². The summed E-state index contributed by atoms with van der Waals surface area (Å²) in [4.78, 5) is 12.9. The van der Waals surface area contributed by atoms with Crippen molar-refractivity contribution in [1.82, 2.24) is 0 Å². The number of para-hydroxylation sites is 2. The molecule has 0 aliphatic carbocycles. The predicted octanol–water partition coefficient (Wildman–Crippen LogP) is 8.85. The van der Waals surface area contributed by atoms with E-state index in [-0.39, 0.29) is 6.61 Å². The lowest BCUT2D eigenvalue weighted by molar-refractivity contribution is -0.00410. The molecule has 0 saturated heterocycles. The summed E-state index contributed by atoms with van der Waals surface area (Å²) in [6, 6.07) is 29.5. The Bertz CT molecular complexity index is 1590. The number of rotatable bonds is 12. The molecule has 10 nitrogen and oxygen atoms in total. The second-order valence-corrected chi connectivity index (χ2v) is 11.6. The van der Waals surface area contributed by atoms with Crippen LogP contribution in [0.2, 0.25) is 0 Å². The molecular weight excluding hydrogens is 636 g/mol. The Morgan fingerprint density at radius 1 is 0.680 bits per heavy atom. The molecule has 1 unspecified atom stereocenters. The van der Waals surface area contributed by atoms with Crippen LogP contribution in [-0.4, -0.2) is 65.1 Å². The van der Waals surface area contributed by atoms with E-state index in [1.165, 1.54) is 25.7 Å². The van der Waals surface area contributed by atoms with Crippen molar-refractivity contribution >= 4 is 11.7 Å². The fraction of sp³-hybridized carbons (Fsp3) is 0.375. The minimum Gasteiger partial charge on any atom is -0.494 e. The topological polar surface area (TPSA) is 106 Å². The molecule has 4 aromatic carbocycles. The third-order valence-electron chi connectivity index (χ3n) is 7.78. The monoisotopic (exact) mass is 682 g/mol. The van der Waals surface area contributed by atoms with Crippen molar-refractivity contribution in [3.8, 4) is 34.1 Å². The summed E-state index contributed by atoms with van der Waals surface area (Å²) in [5.74, 6) is 1.90. The van der Waals surface area contributed by atoms with Gasteiger partial charge in [0, 0.05) is 0 Å². The molecule has 1 heterocycles. The predicted molar refractivity (Wildman–Crippen MR) is 191 cm³/mol. The van der Waals surface area contributed by atoms with Gasteiger partial charge in [0.05, 0.1) is 50.9 Å². The molecule has 0 bridgehead atoms. The molecule has 4 aromatic rings. The molecule has 5 rings (SSSR count). The van der Waals surface area contributed by atoms with Crippen molar-refractivity contribution < 1.29 is 38.0 Å². The third-order valence-corrected chi connectivity index (χ3v) is 7.78. The second kappa shape index (κ2) is 20.7. The molecule has 1 aliphatic heterocycles. The van der Waals surface area contributed by atoms with Crippen molar-refractivity contribution in [1.29, 1.82) is 0 Å². The number of azo groups is 1. The van der Waals surface area contributed by atoms with Gasteiger partial charge in [-0.15, -0.1) is 5.11 Å². The summed E-state index contributed by atoms with van der Waals surface area (Å²) < 4.78 is 40.3. The molecule has 0 spiro atoms. The van der Waals surface area contributed by atoms with E-state index in [9.17, 15) is 4.79 Å². The number of esters is 1. The molecule has 10 heteroatoms. The van der Waals surface area contributed by atoms with Crippen LogP contribution in [0.15, 0.2) is 107 Å². The Balaban J connectivity index is 1.13. The van der Waals surface area contributed by atoms with E-state index in [4.69, 9.17) is 33.2 Å². The fourth-order valence-electron chi connectivity index (χ4n) is 5.05. The number of carbonyl (C=O) groups is 1. The summed E-state index contributed by atoms with van der Waals surface area (Å²) in [6.45, 7) is 5.66. The highest BCUT2D eigenvalue weighted by Gasteiger charge is 2.15. The number of hydrogen-bond donors (Lipinski definition) is 0. The van der Waals surface area contributed by atoms with E-state index >= 15 is 0 Å². The van der Waals surface area contributed by atoms with Gasteiger partial charge in [0.25, 0.3) is 0 Å². The Labute approximate surface area is 294 Å². The maximum absolute atomic E-state index is 12.9. The molecule has 50 heavy (non-hydrogen) atoms. The minimum absolute atomic E-state index is 0.158. The molecule has 0 radical (unpaired) electrons. The fourth-order valence-corrected chi connectivity index (χ4v) is 5.05. The van der Waals surface area contributed by atoms with Crippen LogP contribution in [0.5, 0.6) is 23.0 Å². The lowest BCUT2D eigenvalue weighted by Gasteiger charge is -2.17. The molecule has 0 aromatic heterocycles. The zero-order valence-corrected chi connectivity index (χ0v) is 28.7. The third kappa shape index (κ3) is 12.3. The molecule has 1 aliphatic rings. The van der Waals surface area contributed by atoms with Gasteiger partial charge in [-0.25, -0.2) is 4.79 Å². The van der Waals surface area contributed by atoms with Crippen LogP contribution in [0.25, 0.3) is 11.1 Å². The molecular formula is C40H46N2O8. The second-order valence-electron chi connectivity index (χ2n) is 11.6. The molecule has 1 atom stereocenters. The summed E-state index contributed by atoms with van der Waals surface area (Å²) in [6.07, 6.45) is 5.31. The molecule has 264 valence electrons. The minimum atomic E-state index is -0.738.